The van der Waals surface area contributed by atoms with E-state index < -0.39 is 0 Å². The standard InChI is InChI=1S/C19H23ClN6S/c1-3-21-19(22-9-8-17-13-27-14(2)25-17)23-10-15-11-24-26(12-15)18-6-4-16(20)5-7-18/h4-7,11-13H,3,8-10H2,1-2H3,(H2,21,22,23). The molecule has 6 nitrogen and oxygen atoms in total. The second kappa shape index (κ2) is 9.53. The zero-order valence-corrected chi connectivity index (χ0v) is 17.0. The average Bonchev–Trinajstić information content (AvgIpc) is 3.29. The van der Waals surface area contributed by atoms with E-state index in [0.717, 1.165) is 47.4 Å². The van der Waals surface area contributed by atoms with E-state index in [0.29, 0.717) is 11.6 Å². The molecular formula is C19H23ClN6S. The summed E-state index contributed by atoms with van der Waals surface area (Å²) in [5.41, 5.74) is 3.13. The fourth-order valence-electron chi connectivity index (χ4n) is 2.52. The Hall–Kier alpha value is -2.38. The van der Waals surface area contributed by atoms with Gasteiger partial charge in [-0.2, -0.15) is 5.10 Å². The largest absolute Gasteiger partial charge is 0.357 e. The highest BCUT2D eigenvalue weighted by Gasteiger charge is 2.03. The lowest BCUT2D eigenvalue weighted by Gasteiger charge is -2.10. The molecule has 0 saturated heterocycles. The average molecular weight is 403 g/mol. The molecule has 2 N–H and O–H groups in total. The Labute approximate surface area is 168 Å². The normalized spacial score (nSPS) is 11.6. The summed E-state index contributed by atoms with van der Waals surface area (Å²) in [4.78, 5) is 9.13. The Morgan fingerprint density at radius 2 is 2.07 bits per heavy atom. The van der Waals surface area contributed by atoms with Gasteiger partial charge in [-0.1, -0.05) is 11.6 Å². The van der Waals surface area contributed by atoms with Crippen molar-refractivity contribution in [2.75, 3.05) is 13.1 Å². The van der Waals surface area contributed by atoms with Crippen LogP contribution in [-0.4, -0.2) is 33.8 Å². The van der Waals surface area contributed by atoms with E-state index in [-0.39, 0.29) is 0 Å². The number of rotatable bonds is 7. The Kier molecular flexibility index (Phi) is 6.84. The maximum absolute atomic E-state index is 5.94. The van der Waals surface area contributed by atoms with Crippen molar-refractivity contribution in [1.29, 1.82) is 0 Å². The predicted molar refractivity (Wildman–Crippen MR) is 112 cm³/mol. The first-order valence-corrected chi connectivity index (χ1v) is 10.1. The lowest BCUT2D eigenvalue weighted by atomic mass is 10.3. The van der Waals surface area contributed by atoms with Crippen LogP contribution in [0.25, 0.3) is 5.69 Å². The molecule has 8 heteroatoms. The number of thiazole rings is 1. The number of aryl methyl sites for hydroxylation is 1. The highest BCUT2D eigenvalue weighted by Crippen LogP contribution is 2.13. The number of hydrogen-bond acceptors (Lipinski definition) is 4. The van der Waals surface area contributed by atoms with Crippen LogP contribution in [0.15, 0.2) is 47.0 Å². The molecular weight excluding hydrogens is 380 g/mol. The summed E-state index contributed by atoms with van der Waals surface area (Å²) in [6.07, 6.45) is 4.69. The minimum absolute atomic E-state index is 0.554. The Balaban J connectivity index is 1.57. The number of aromatic nitrogens is 3. The molecule has 3 rings (SSSR count). The van der Waals surface area contributed by atoms with Crippen molar-refractivity contribution in [3.05, 3.63) is 63.3 Å². The summed E-state index contributed by atoms with van der Waals surface area (Å²) in [7, 11) is 0. The minimum atomic E-state index is 0.554. The molecule has 0 aliphatic heterocycles. The Morgan fingerprint density at radius 1 is 1.26 bits per heavy atom. The van der Waals surface area contributed by atoms with E-state index in [1.165, 1.54) is 0 Å². The van der Waals surface area contributed by atoms with Gasteiger partial charge in [0, 0.05) is 41.7 Å². The zero-order valence-electron chi connectivity index (χ0n) is 15.4. The molecule has 0 bridgehead atoms. The Bertz CT molecular complexity index is 884. The molecule has 0 aliphatic rings. The minimum Gasteiger partial charge on any atom is -0.357 e. The number of nitrogens with one attached hydrogen (secondary N) is 2. The van der Waals surface area contributed by atoms with Gasteiger partial charge in [0.1, 0.15) is 0 Å². The van der Waals surface area contributed by atoms with Gasteiger partial charge in [-0.25, -0.2) is 14.7 Å². The van der Waals surface area contributed by atoms with Crippen molar-refractivity contribution in [2.24, 2.45) is 4.99 Å². The van der Waals surface area contributed by atoms with E-state index >= 15 is 0 Å². The molecule has 0 spiro atoms. The first kappa shape index (κ1) is 19.4. The van der Waals surface area contributed by atoms with Gasteiger partial charge < -0.3 is 10.6 Å². The van der Waals surface area contributed by atoms with Gasteiger partial charge in [0.15, 0.2) is 5.96 Å². The molecule has 0 amide bonds. The van der Waals surface area contributed by atoms with Crippen LogP contribution < -0.4 is 10.6 Å². The van der Waals surface area contributed by atoms with Crippen LogP contribution in [0.3, 0.4) is 0 Å². The van der Waals surface area contributed by atoms with Crippen LogP contribution in [-0.2, 0) is 13.0 Å². The van der Waals surface area contributed by atoms with Crippen LogP contribution >= 0.6 is 22.9 Å². The first-order valence-electron chi connectivity index (χ1n) is 8.86. The number of guanidine groups is 1. The molecule has 2 aromatic heterocycles. The quantitative estimate of drug-likeness (QED) is 0.468. The topological polar surface area (TPSA) is 67.1 Å². The molecule has 3 aromatic rings. The van der Waals surface area contributed by atoms with Crippen LogP contribution in [0.2, 0.25) is 5.02 Å². The van der Waals surface area contributed by atoms with E-state index in [1.54, 1.807) is 11.3 Å². The Morgan fingerprint density at radius 3 is 2.78 bits per heavy atom. The van der Waals surface area contributed by atoms with Gasteiger partial charge in [0.2, 0.25) is 0 Å². The predicted octanol–water partition coefficient (Wildman–Crippen LogP) is 3.59. The summed E-state index contributed by atoms with van der Waals surface area (Å²) >= 11 is 7.62. The van der Waals surface area contributed by atoms with Gasteiger partial charge in [0.05, 0.1) is 29.1 Å². The second-order valence-electron chi connectivity index (χ2n) is 6.00. The molecule has 0 radical (unpaired) electrons. The molecule has 0 aliphatic carbocycles. The number of hydrogen-bond donors (Lipinski definition) is 2. The highest BCUT2D eigenvalue weighted by atomic mass is 35.5. The van der Waals surface area contributed by atoms with Crippen molar-refractivity contribution >= 4 is 28.9 Å². The molecule has 1 aromatic carbocycles. The van der Waals surface area contributed by atoms with E-state index in [1.807, 2.05) is 48.3 Å². The van der Waals surface area contributed by atoms with Gasteiger partial charge in [-0.15, -0.1) is 11.3 Å². The summed E-state index contributed by atoms with van der Waals surface area (Å²) in [5.74, 6) is 0.795. The molecule has 0 atom stereocenters. The number of benzene rings is 1. The second-order valence-corrected chi connectivity index (χ2v) is 7.50. The third-order valence-electron chi connectivity index (χ3n) is 3.83. The molecule has 142 valence electrons. The lowest BCUT2D eigenvalue weighted by molar-refractivity contribution is 0.790. The van der Waals surface area contributed by atoms with Crippen LogP contribution in [0, 0.1) is 6.92 Å². The van der Waals surface area contributed by atoms with Crippen molar-refractivity contribution < 1.29 is 0 Å². The summed E-state index contributed by atoms with van der Waals surface area (Å²) in [6.45, 7) is 6.24. The third kappa shape index (κ3) is 5.80. The maximum atomic E-state index is 5.94. The number of nitrogens with zero attached hydrogens (tertiary/aromatic N) is 4. The fourth-order valence-corrected chi connectivity index (χ4v) is 3.29. The summed E-state index contributed by atoms with van der Waals surface area (Å²) in [5, 5.41) is 14.9. The van der Waals surface area contributed by atoms with E-state index in [4.69, 9.17) is 11.6 Å². The summed E-state index contributed by atoms with van der Waals surface area (Å²) < 4.78 is 1.83. The van der Waals surface area contributed by atoms with Crippen molar-refractivity contribution in [3.63, 3.8) is 0 Å². The van der Waals surface area contributed by atoms with Gasteiger partial charge in [-0.3, -0.25) is 0 Å². The SMILES string of the molecule is CCNC(=NCc1cnn(-c2ccc(Cl)cc2)c1)NCCc1csc(C)n1. The maximum Gasteiger partial charge on any atom is 0.191 e. The van der Waals surface area contributed by atoms with Crippen molar-refractivity contribution in [3.8, 4) is 5.69 Å². The van der Waals surface area contributed by atoms with Crippen LogP contribution in [0.5, 0.6) is 0 Å². The molecule has 0 fully saturated rings. The van der Waals surface area contributed by atoms with E-state index in [9.17, 15) is 0 Å². The highest BCUT2D eigenvalue weighted by molar-refractivity contribution is 7.09. The van der Waals surface area contributed by atoms with Gasteiger partial charge in [-0.05, 0) is 38.1 Å². The third-order valence-corrected chi connectivity index (χ3v) is 4.91. The van der Waals surface area contributed by atoms with Crippen LogP contribution in [0.1, 0.15) is 23.2 Å². The molecule has 0 saturated carbocycles. The smallest absolute Gasteiger partial charge is 0.191 e. The van der Waals surface area contributed by atoms with Crippen LogP contribution in [0.4, 0.5) is 0 Å². The molecule has 0 unspecified atom stereocenters. The van der Waals surface area contributed by atoms with Gasteiger partial charge >= 0.3 is 0 Å². The first-order chi connectivity index (χ1) is 13.1. The zero-order chi connectivity index (χ0) is 19.1. The van der Waals surface area contributed by atoms with Crippen molar-refractivity contribution in [2.45, 2.75) is 26.8 Å². The summed E-state index contributed by atoms with van der Waals surface area (Å²) in [6, 6.07) is 7.59. The lowest BCUT2D eigenvalue weighted by Crippen LogP contribution is -2.38. The fraction of sp³-hybridized carbons (Fsp3) is 0.316. The van der Waals surface area contributed by atoms with Gasteiger partial charge in [0.25, 0.3) is 0 Å². The van der Waals surface area contributed by atoms with E-state index in [2.05, 4.69) is 38.0 Å². The molecule has 27 heavy (non-hydrogen) atoms. The number of aliphatic imine (C=N–C) groups is 1. The van der Waals surface area contributed by atoms with Crippen molar-refractivity contribution in [1.82, 2.24) is 25.4 Å². The molecule has 2 heterocycles. The monoisotopic (exact) mass is 402 g/mol. The number of halogens is 1.